The molecule has 0 fully saturated rings. The van der Waals surface area contributed by atoms with E-state index in [0.717, 1.165) is 16.2 Å². The highest BCUT2D eigenvalue weighted by Gasteiger charge is 2.19. The third-order valence-electron chi connectivity index (χ3n) is 2.91. The molecule has 7 heteroatoms. The summed E-state index contributed by atoms with van der Waals surface area (Å²) in [6.45, 7) is 0. The van der Waals surface area contributed by atoms with Crippen LogP contribution in [0.15, 0.2) is 28.9 Å². The minimum atomic E-state index is -0.597. The molecule has 1 atom stereocenters. The summed E-state index contributed by atoms with van der Waals surface area (Å²) in [5, 5.41) is 4.08. The molecule has 102 valence electrons. The molecular formula is C12H13BrF2N4. The second-order valence-electron chi connectivity index (χ2n) is 4.16. The number of nitrogens with one attached hydrogen (secondary N) is 1. The molecule has 0 spiro atoms. The van der Waals surface area contributed by atoms with Gasteiger partial charge in [-0.15, -0.1) is 0 Å². The van der Waals surface area contributed by atoms with Crippen molar-refractivity contribution in [2.45, 2.75) is 12.5 Å². The molecule has 0 saturated carbocycles. The molecule has 0 radical (unpaired) electrons. The van der Waals surface area contributed by atoms with Gasteiger partial charge in [0.2, 0.25) is 0 Å². The Labute approximate surface area is 117 Å². The van der Waals surface area contributed by atoms with Gasteiger partial charge in [0.25, 0.3) is 0 Å². The van der Waals surface area contributed by atoms with Crippen LogP contribution in [0.4, 0.5) is 8.78 Å². The average Bonchev–Trinajstić information content (AvgIpc) is 2.69. The van der Waals surface area contributed by atoms with E-state index in [0.29, 0.717) is 12.0 Å². The van der Waals surface area contributed by atoms with Crippen LogP contribution >= 0.6 is 15.9 Å². The molecule has 1 aromatic carbocycles. The maximum Gasteiger partial charge on any atom is 0.129 e. The molecule has 0 saturated heterocycles. The largest absolute Gasteiger partial charge is 0.271 e. The first-order chi connectivity index (χ1) is 9.02. The van der Waals surface area contributed by atoms with Gasteiger partial charge in [-0.05, 0) is 34.0 Å². The van der Waals surface area contributed by atoms with Gasteiger partial charge in [-0.2, -0.15) is 5.10 Å². The molecule has 3 N–H and O–H groups in total. The summed E-state index contributed by atoms with van der Waals surface area (Å²) in [7, 11) is 1.77. The summed E-state index contributed by atoms with van der Waals surface area (Å²) in [5.74, 6) is 4.34. The monoisotopic (exact) mass is 330 g/mol. The van der Waals surface area contributed by atoms with Gasteiger partial charge >= 0.3 is 0 Å². The number of aromatic nitrogens is 2. The van der Waals surface area contributed by atoms with Gasteiger partial charge in [-0.3, -0.25) is 16.0 Å². The number of benzene rings is 1. The van der Waals surface area contributed by atoms with Crippen molar-refractivity contribution < 1.29 is 8.78 Å². The number of aryl methyl sites for hydroxylation is 1. The van der Waals surface area contributed by atoms with Crippen LogP contribution in [0.25, 0.3) is 0 Å². The minimum Gasteiger partial charge on any atom is -0.271 e. The van der Waals surface area contributed by atoms with Gasteiger partial charge in [0.05, 0.1) is 22.4 Å². The highest BCUT2D eigenvalue weighted by Crippen LogP contribution is 2.26. The van der Waals surface area contributed by atoms with E-state index in [1.54, 1.807) is 17.9 Å². The van der Waals surface area contributed by atoms with Gasteiger partial charge in [0.1, 0.15) is 11.6 Å². The predicted octanol–water partition coefficient (Wildman–Crippen LogP) is 2.21. The smallest absolute Gasteiger partial charge is 0.129 e. The lowest BCUT2D eigenvalue weighted by atomic mass is 10.0. The summed E-state index contributed by atoms with van der Waals surface area (Å²) in [5.41, 5.74) is 3.81. The van der Waals surface area contributed by atoms with Crippen molar-refractivity contribution in [3.05, 3.63) is 51.8 Å². The number of nitrogens with two attached hydrogens (primary N) is 1. The van der Waals surface area contributed by atoms with Crippen molar-refractivity contribution in [2.75, 3.05) is 0 Å². The summed E-state index contributed by atoms with van der Waals surface area (Å²) in [6, 6.07) is 3.17. The van der Waals surface area contributed by atoms with Crippen molar-refractivity contribution >= 4 is 15.9 Å². The summed E-state index contributed by atoms with van der Waals surface area (Å²) < 4.78 is 28.9. The Balaban J connectivity index is 2.29. The number of rotatable bonds is 4. The van der Waals surface area contributed by atoms with E-state index >= 15 is 0 Å². The average molecular weight is 331 g/mol. The zero-order chi connectivity index (χ0) is 14.0. The van der Waals surface area contributed by atoms with Crippen LogP contribution < -0.4 is 11.3 Å². The zero-order valence-corrected chi connectivity index (χ0v) is 11.8. The number of hydrogen-bond acceptors (Lipinski definition) is 3. The lowest BCUT2D eigenvalue weighted by molar-refractivity contribution is 0.491. The van der Waals surface area contributed by atoms with E-state index in [1.807, 2.05) is 0 Å². The molecule has 0 bridgehead atoms. The van der Waals surface area contributed by atoms with E-state index in [-0.39, 0.29) is 6.04 Å². The molecule has 0 amide bonds. The van der Waals surface area contributed by atoms with Crippen molar-refractivity contribution in [1.82, 2.24) is 15.2 Å². The van der Waals surface area contributed by atoms with Gasteiger partial charge in [-0.1, -0.05) is 6.07 Å². The number of nitrogens with zero attached hydrogens (tertiary/aromatic N) is 2. The molecule has 19 heavy (non-hydrogen) atoms. The molecular weight excluding hydrogens is 318 g/mol. The van der Waals surface area contributed by atoms with E-state index in [4.69, 9.17) is 5.84 Å². The number of hydrazine groups is 1. The lowest BCUT2D eigenvalue weighted by Crippen LogP contribution is -2.31. The predicted molar refractivity (Wildman–Crippen MR) is 71.0 cm³/mol. The molecule has 1 heterocycles. The standard InChI is InChI=1S/C12H13BrF2N4/c1-19-12(9(13)6-17-19)11(18-16)4-7-2-3-8(14)5-10(7)15/h2-3,5-6,11,18H,4,16H2,1H3. The fourth-order valence-corrected chi connectivity index (χ4v) is 2.58. The Kier molecular flexibility index (Phi) is 4.28. The quantitative estimate of drug-likeness (QED) is 0.667. The van der Waals surface area contributed by atoms with Crippen LogP contribution in [0.5, 0.6) is 0 Å². The van der Waals surface area contributed by atoms with Crippen LogP contribution in [-0.2, 0) is 13.5 Å². The first-order valence-electron chi connectivity index (χ1n) is 5.60. The third-order valence-corrected chi connectivity index (χ3v) is 3.52. The van der Waals surface area contributed by atoms with E-state index in [2.05, 4.69) is 26.5 Å². The Bertz CT molecular complexity index is 566. The van der Waals surface area contributed by atoms with Crippen LogP contribution in [-0.4, -0.2) is 9.78 Å². The molecule has 0 aliphatic carbocycles. The van der Waals surface area contributed by atoms with E-state index < -0.39 is 11.6 Å². The molecule has 4 nitrogen and oxygen atoms in total. The highest BCUT2D eigenvalue weighted by molar-refractivity contribution is 9.10. The van der Waals surface area contributed by atoms with Gasteiger partial charge in [-0.25, -0.2) is 8.78 Å². The van der Waals surface area contributed by atoms with Crippen LogP contribution in [0.2, 0.25) is 0 Å². The summed E-state index contributed by atoms with van der Waals surface area (Å²) >= 11 is 3.37. The topological polar surface area (TPSA) is 55.9 Å². The molecule has 2 aromatic rings. The minimum absolute atomic E-state index is 0.292. The van der Waals surface area contributed by atoms with Crippen LogP contribution in [0.1, 0.15) is 17.3 Å². The van der Waals surface area contributed by atoms with Crippen LogP contribution in [0, 0.1) is 11.6 Å². The normalized spacial score (nSPS) is 12.7. The van der Waals surface area contributed by atoms with Crippen molar-refractivity contribution in [3.8, 4) is 0 Å². The maximum absolute atomic E-state index is 13.6. The van der Waals surface area contributed by atoms with Gasteiger partial charge in [0.15, 0.2) is 0 Å². The Hall–Kier alpha value is -1.31. The molecule has 0 aliphatic heterocycles. The van der Waals surface area contributed by atoms with Gasteiger partial charge < -0.3 is 0 Å². The van der Waals surface area contributed by atoms with Crippen molar-refractivity contribution in [2.24, 2.45) is 12.9 Å². The zero-order valence-electron chi connectivity index (χ0n) is 10.2. The highest BCUT2D eigenvalue weighted by atomic mass is 79.9. The van der Waals surface area contributed by atoms with Gasteiger partial charge in [0, 0.05) is 13.1 Å². The lowest BCUT2D eigenvalue weighted by Gasteiger charge is -2.17. The van der Waals surface area contributed by atoms with E-state index in [1.165, 1.54) is 12.1 Å². The van der Waals surface area contributed by atoms with Crippen molar-refractivity contribution in [3.63, 3.8) is 0 Å². The summed E-state index contributed by atoms with van der Waals surface area (Å²) in [4.78, 5) is 0. The molecule has 1 unspecified atom stereocenters. The Morgan fingerprint density at radius 1 is 1.47 bits per heavy atom. The maximum atomic E-state index is 13.6. The molecule has 2 rings (SSSR count). The van der Waals surface area contributed by atoms with Crippen molar-refractivity contribution in [1.29, 1.82) is 0 Å². The number of halogens is 3. The third kappa shape index (κ3) is 2.99. The fourth-order valence-electron chi connectivity index (χ4n) is 1.95. The Morgan fingerprint density at radius 2 is 2.21 bits per heavy atom. The second-order valence-corrected chi connectivity index (χ2v) is 5.01. The SMILES string of the molecule is Cn1ncc(Br)c1C(Cc1ccc(F)cc1F)NN. The number of hydrogen-bond donors (Lipinski definition) is 2. The molecule has 1 aromatic heterocycles. The first kappa shape index (κ1) is 14.1. The Morgan fingerprint density at radius 3 is 2.74 bits per heavy atom. The van der Waals surface area contributed by atoms with Crippen LogP contribution in [0.3, 0.4) is 0 Å². The fraction of sp³-hybridized carbons (Fsp3) is 0.250. The van der Waals surface area contributed by atoms with E-state index in [9.17, 15) is 8.78 Å². The second kappa shape index (κ2) is 5.77. The molecule has 0 aliphatic rings. The summed E-state index contributed by atoms with van der Waals surface area (Å²) in [6.07, 6.45) is 1.93. The first-order valence-corrected chi connectivity index (χ1v) is 6.39.